The molecule has 2 aromatic rings. The van der Waals surface area contributed by atoms with Gasteiger partial charge in [-0.05, 0) is 12.1 Å². The van der Waals surface area contributed by atoms with Crippen molar-refractivity contribution in [2.24, 2.45) is 4.99 Å². The average molecular weight is 187 g/mol. The maximum atomic E-state index is 10.2. The number of hydrogen-bond donors (Lipinski definition) is 0. The second kappa shape index (κ2) is 3.44. The van der Waals surface area contributed by atoms with Gasteiger partial charge in [-0.15, -0.1) is 4.99 Å². The lowest BCUT2D eigenvalue weighted by Crippen LogP contribution is -1.92. The summed E-state index contributed by atoms with van der Waals surface area (Å²) in [6.45, 7) is 2.01. The molecule has 0 bridgehead atoms. The monoisotopic (exact) mass is 187 g/mol. The first-order valence-electron chi connectivity index (χ1n) is 4.40. The molecule has 0 aliphatic heterocycles. The molecule has 0 amide bonds. The first kappa shape index (κ1) is 8.66. The molecule has 0 saturated carbocycles. The Bertz CT molecular complexity index is 509. The number of aliphatic imine (C=N–C) groups is 1. The molecule has 2 rings (SSSR count). The van der Waals surface area contributed by atoms with E-state index in [9.17, 15) is 4.79 Å². The number of isocyanates is 1. The minimum Gasteiger partial charge on any atom is -0.280 e. The van der Waals surface area contributed by atoms with Gasteiger partial charge < -0.3 is 0 Å². The Labute approximate surface area is 80.9 Å². The lowest BCUT2D eigenvalue weighted by molar-refractivity contribution is 0.565. The predicted octanol–water partition coefficient (Wildman–Crippen LogP) is 1.86. The van der Waals surface area contributed by atoms with E-state index in [1.807, 2.05) is 23.5 Å². The van der Waals surface area contributed by atoms with Crippen LogP contribution >= 0.6 is 0 Å². The van der Waals surface area contributed by atoms with Gasteiger partial charge in [-0.3, -0.25) is 4.40 Å². The van der Waals surface area contributed by atoms with Gasteiger partial charge in [0.1, 0.15) is 5.82 Å². The quantitative estimate of drug-likeness (QED) is 0.532. The lowest BCUT2D eigenvalue weighted by Gasteiger charge is -2.00. The molecule has 2 heterocycles. The Hall–Kier alpha value is -1.93. The highest BCUT2D eigenvalue weighted by molar-refractivity contribution is 5.55. The number of aromatic nitrogens is 2. The second-order valence-electron chi connectivity index (χ2n) is 2.88. The van der Waals surface area contributed by atoms with Crippen LogP contribution in [0.5, 0.6) is 0 Å². The van der Waals surface area contributed by atoms with Gasteiger partial charge in [0.05, 0.1) is 11.7 Å². The van der Waals surface area contributed by atoms with E-state index < -0.39 is 0 Å². The largest absolute Gasteiger partial charge is 0.280 e. The molecular formula is C10H9N3O. The van der Waals surface area contributed by atoms with Crippen molar-refractivity contribution in [3.05, 3.63) is 30.2 Å². The Morgan fingerprint density at radius 3 is 3.14 bits per heavy atom. The van der Waals surface area contributed by atoms with E-state index in [0.717, 1.165) is 17.8 Å². The lowest BCUT2D eigenvalue weighted by atomic mass is 10.4. The molecule has 4 heteroatoms. The third-order valence-electron chi connectivity index (χ3n) is 2.08. The van der Waals surface area contributed by atoms with E-state index in [1.165, 1.54) is 0 Å². The number of nitrogens with zero attached hydrogens (tertiary/aromatic N) is 3. The summed E-state index contributed by atoms with van der Waals surface area (Å²) in [4.78, 5) is 18.1. The Morgan fingerprint density at radius 2 is 2.43 bits per heavy atom. The molecule has 4 nitrogen and oxygen atoms in total. The summed E-state index contributed by atoms with van der Waals surface area (Å²) in [6.07, 6.45) is 4.12. The van der Waals surface area contributed by atoms with Crippen LogP contribution < -0.4 is 0 Å². The fraction of sp³-hybridized carbons (Fsp3) is 0.200. The standard InChI is InChI=1S/C10H9N3O/c1-2-9-11-6-8-4-3-5-10(12-7-14)13(8)9/h3-6H,2H2,1H3. The first-order chi connectivity index (χ1) is 6.86. The summed E-state index contributed by atoms with van der Waals surface area (Å²) < 4.78 is 1.85. The summed E-state index contributed by atoms with van der Waals surface area (Å²) >= 11 is 0. The zero-order valence-electron chi connectivity index (χ0n) is 7.77. The van der Waals surface area contributed by atoms with Crippen LogP contribution in [0.25, 0.3) is 5.52 Å². The third-order valence-corrected chi connectivity index (χ3v) is 2.08. The van der Waals surface area contributed by atoms with Gasteiger partial charge >= 0.3 is 0 Å². The second-order valence-corrected chi connectivity index (χ2v) is 2.88. The molecule has 0 saturated heterocycles. The molecule has 2 aromatic heterocycles. The van der Waals surface area contributed by atoms with E-state index in [0.29, 0.717) is 5.82 Å². The average Bonchev–Trinajstić information content (AvgIpc) is 2.62. The van der Waals surface area contributed by atoms with Crippen molar-refractivity contribution in [2.75, 3.05) is 0 Å². The number of carbonyl (C=O) groups excluding carboxylic acids is 1. The Morgan fingerprint density at radius 1 is 1.57 bits per heavy atom. The van der Waals surface area contributed by atoms with E-state index in [2.05, 4.69) is 9.98 Å². The van der Waals surface area contributed by atoms with Crippen molar-refractivity contribution in [1.82, 2.24) is 9.38 Å². The molecule has 0 aliphatic carbocycles. The van der Waals surface area contributed by atoms with Gasteiger partial charge in [0, 0.05) is 6.42 Å². The molecule has 14 heavy (non-hydrogen) atoms. The zero-order chi connectivity index (χ0) is 9.97. The van der Waals surface area contributed by atoms with Gasteiger partial charge in [-0.1, -0.05) is 13.0 Å². The normalized spacial score (nSPS) is 10.1. The van der Waals surface area contributed by atoms with Crippen molar-refractivity contribution < 1.29 is 4.79 Å². The maximum absolute atomic E-state index is 10.2. The maximum Gasteiger partial charge on any atom is 0.242 e. The van der Waals surface area contributed by atoms with E-state index in [1.54, 1.807) is 18.3 Å². The molecule has 0 aliphatic rings. The summed E-state index contributed by atoms with van der Waals surface area (Å²) in [5.41, 5.74) is 0.943. The van der Waals surface area contributed by atoms with Crippen molar-refractivity contribution in [3.8, 4) is 0 Å². The predicted molar refractivity (Wildman–Crippen MR) is 52.4 cm³/mol. The molecule has 70 valence electrons. The first-order valence-corrected chi connectivity index (χ1v) is 4.40. The summed E-state index contributed by atoms with van der Waals surface area (Å²) in [5.74, 6) is 1.47. The van der Waals surface area contributed by atoms with Crippen LogP contribution in [0.15, 0.2) is 29.4 Å². The van der Waals surface area contributed by atoms with Crippen molar-refractivity contribution in [3.63, 3.8) is 0 Å². The smallest absolute Gasteiger partial charge is 0.242 e. The molecule has 0 fully saturated rings. The van der Waals surface area contributed by atoms with Gasteiger partial charge in [0.15, 0.2) is 5.82 Å². The van der Waals surface area contributed by atoms with Gasteiger partial charge in [0.2, 0.25) is 6.08 Å². The van der Waals surface area contributed by atoms with E-state index >= 15 is 0 Å². The minimum absolute atomic E-state index is 0.576. The topological polar surface area (TPSA) is 46.7 Å². The summed E-state index contributed by atoms with van der Waals surface area (Å²) in [6, 6.07) is 5.53. The number of aryl methyl sites for hydroxylation is 1. The molecule has 0 spiro atoms. The highest BCUT2D eigenvalue weighted by Crippen LogP contribution is 2.17. The summed E-state index contributed by atoms with van der Waals surface area (Å²) in [7, 11) is 0. The number of hydrogen-bond acceptors (Lipinski definition) is 3. The fourth-order valence-corrected chi connectivity index (χ4v) is 1.48. The van der Waals surface area contributed by atoms with Crippen LogP contribution in [-0.4, -0.2) is 15.5 Å². The summed E-state index contributed by atoms with van der Waals surface area (Å²) in [5, 5.41) is 0. The van der Waals surface area contributed by atoms with Crippen LogP contribution in [0, 0.1) is 0 Å². The molecule has 0 unspecified atom stereocenters. The van der Waals surface area contributed by atoms with Gasteiger partial charge in [0.25, 0.3) is 0 Å². The Kier molecular flexibility index (Phi) is 2.13. The SMILES string of the molecule is CCc1ncc2cccc(N=C=O)n12. The molecular weight excluding hydrogens is 178 g/mol. The number of rotatable bonds is 2. The van der Waals surface area contributed by atoms with Gasteiger partial charge in [-0.25, -0.2) is 9.78 Å². The third kappa shape index (κ3) is 1.22. The van der Waals surface area contributed by atoms with E-state index in [-0.39, 0.29) is 0 Å². The molecule has 0 N–H and O–H groups in total. The fourth-order valence-electron chi connectivity index (χ4n) is 1.48. The number of fused-ring (bicyclic) bond motifs is 1. The van der Waals surface area contributed by atoms with Gasteiger partial charge in [-0.2, -0.15) is 0 Å². The molecule has 0 radical (unpaired) electrons. The van der Waals surface area contributed by atoms with E-state index in [4.69, 9.17) is 0 Å². The van der Waals surface area contributed by atoms with Crippen LogP contribution in [0.2, 0.25) is 0 Å². The van der Waals surface area contributed by atoms with Crippen LogP contribution in [0.4, 0.5) is 5.82 Å². The number of imidazole rings is 1. The number of pyridine rings is 1. The zero-order valence-corrected chi connectivity index (χ0v) is 7.77. The van der Waals surface area contributed by atoms with Crippen molar-refractivity contribution in [2.45, 2.75) is 13.3 Å². The minimum atomic E-state index is 0.576. The van der Waals surface area contributed by atoms with Crippen LogP contribution in [-0.2, 0) is 11.2 Å². The van der Waals surface area contributed by atoms with Crippen molar-refractivity contribution in [1.29, 1.82) is 0 Å². The molecule has 0 atom stereocenters. The van der Waals surface area contributed by atoms with Crippen molar-refractivity contribution >= 4 is 17.4 Å². The van der Waals surface area contributed by atoms with Crippen LogP contribution in [0.1, 0.15) is 12.7 Å². The highest BCUT2D eigenvalue weighted by Gasteiger charge is 2.04. The highest BCUT2D eigenvalue weighted by atomic mass is 16.1. The molecule has 0 aromatic carbocycles. The Balaban J connectivity index is 2.81. The van der Waals surface area contributed by atoms with Crippen LogP contribution in [0.3, 0.4) is 0 Å².